The Bertz CT molecular complexity index is 590. The number of hydrazine groups is 1. The molecule has 5 heteroatoms. The van der Waals surface area contributed by atoms with Crippen molar-refractivity contribution < 1.29 is 13.5 Å². The fraction of sp³-hybridized carbons (Fsp3) is 0.200. The highest BCUT2D eigenvalue weighted by atomic mass is 19.2. The second-order valence-corrected chi connectivity index (χ2v) is 4.28. The molecule has 106 valence electrons. The van der Waals surface area contributed by atoms with E-state index in [4.69, 9.17) is 10.6 Å². The molecule has 1 atom stereocenters. The lowest BCUT2D eigenvalue weighted by atomic mass is 9.99. The first-order chi connectivity index (χ1) is 9.65. The van der Waals surface area contributed by atoms with E-state index in [1.54, 1.807) is 0 Å². The molecule has 0 amide bonds. The van der Waals surface area contributed by atoms with Crippen LogP contribution in [0.5, 0.6) is 5.75 Å². The summed E-state index contributed by atoms with van der Waals surface area (Å²) in [5, 5.41) is 0. The molecular weight excluding hydrogens is 262 g/mol. The van der Waals surface area contributed by atoms with Crippen LogP contribution in [0.4, 0.5) is 8.78 Å². The number of halogens is 2. The average molecular weight is 278 g/mol. The average Bonchev–Trinajstić information content (AvgIpc) is 2.44. The zero-order valence-corrected chi connectivity index (χ0v) is 11.1. The van der Waals surface area contributed by atoms with Crippen LogP contribution in [0, 0.1) is 11.6 Å². The summed E-state index contributed by atoms with van der Waals surface area (Å²) >= 11 is 0. The maximum atomic E-state index is 13.3. The van der Waals surface area contributed by atoms with Gasteiger partial charge in [-0.15, -0.1) is 0 Å². The summed E-state index contributed by atoms with van der Waals surface area (Å²) in [6.07, 6.45) is 0. The third-order valence-corrected chi connectivity index (χ3v) is 2.95. The van der Waals surface area contributed by atoms with Crippen molar-refractivity contribution in [3.05, 3.63) is 65.2 Å². The van der Waals surface area contributed by atoms with E-state index >= 15 is 0 Å². The van der Waals surface area contributed by atoms with Crippen LogP contribution in [0.15, 0.2) is 42.5 Å². The number of ether oxygens (including phenoxy) is 1. The van der Waals surface area contributed by atoms with Gasteiger partial charge >= 0.3 is 0 Å². The summed E-state index contributed by atoms with van der Waals surface area (Å²) < 4.78 is 31.7. The zero-order valence-electron chi connectivity index (χ0n) is 11.1. The van der Waals surface area contributed by atoms with Crippen molar-refractivity contribution in [1.29, 1.82) is 0 Å². The molecule has 3 nitrogen and oxygen atoms in total. The number of hydrogen-bond acceptors (Lipinski definition) is 3. The molecule has 0 aliphatic heterocycles. The summed E-state index contributed by atoms with van der Waals surface area (Å²) in [5.74, 6) is 4.46. The van der Waals surface area contributed by atoms with Crippen molar-refractivity contribution in [3.8, 4) is 5.75 Å². The number of nitrogens with two attached hydrogens (primary N) is 1. The molecule has 3 N–H and O–H groups in total. The molecule has 0 aromatic heterocycles. The molecule has 0 radical (unpaired) electrons. The van der Waals surface area contributed by atoms with Gasteiger partial charge in [0.05, 0.1) is 12.6 Å². The Kier molecular flexibility index (Phi) is 4.65. The molecular formula is C15H16F2N2O. The maximum Gasteiger partial charge on any atom is 0.159 e. The highest BCUT2D eigenvalue weighted by Crippen LogP contribution is 2.25. The van der Waals surface area contributed by atoms with Crippen molar-refractivity contribution in [1.82, 2.24) is 5.43 Å². The van der Waals surface area contributed by atoms with Crippen LogP contribution >= 0.6 is 0 Å². The Balaban J connectivity index is 2.36. The summed E-state index contributed by atoms with van der Waals surface area (Å²) in [6.45, 7) is 2.44. The second kappa shape index (κ2) is 6.45. The molecule has 0 saturated carbocycles. The van der Waals surface area contributed by atoms with Gasteiger partial charge in [-0.3, -0.25) is 5.84 Å². The fourth-order valence-corrected chi connectivity index (χ4v) is 2.03. The van der Waals surface area contributed by atoms with Gasteiger partial charge in [0.15, 0.2) is 11.6 Å². The van der Waals surface area contributed by atoms with Gasteiger partial charge in [0, 0.05) is 0 Å². The normalized spacial score (nSPS) is 12.2. The van der Waals surface area contributed by atoms with Gasteiger partial charge in [-0.1, -0.05) is 18.2 Å². The minimum Gasteiger partial charge on any atom is -0.494 e. The predicted octanol–water partition coefficient (Wildman–Crippen LogP) is 2.92. The highest BCUT2D eigenvalue weighted by molar-refractivity contribution is 5.36. The first kappa shape index (κ1) is 14.4. The predicted molar refractivity (Wildman–Crippen MR) is 73.1 cm³/mol. The van der Waals surface area contributed by atoms with Crippen LogP contribution in [0.3, 0.4) is 0 Å². The molecule has 2 aromatic rings. The number of hydrogen-bond donors (Lipinski definition) is 2. The zero-order chi connectivity index (χ0) is 14.5. The topological polar surface area (TPSA) is 47.3 Å². The third kappa shape index (κ3) is 3.12. The smallest absolute Gasteiger partial charge is 0.159 e. The van der Waals surface area contributed by atoms with Gasteiger partial charge in [-0.05, 0) is 42.3 Å². The van der Waals surface area contributed by atoms with Gasteiger partial charge in [0.1, 0.15) is 5.75 Å². The number of nitrogens with one attached hydrogen (secondary N) is 1. The van der Waals surface area contributed by atoms with E-state index in [1.165, 1.54) is 6.07 Å². The molecule has 0 saturated heterocycles. The first-order valence-corrected chi connectivity index (χ1v) is 6.29. The summed E-state index contributed by atoms with van der Waals surface area (Å²) in [6, 6.07) is 10.6. The monoisotopic (exact) mass is 278 g/mol. The van der Waals surface area contributed by atoms with Crippen LogP contribution in [0.2, 0.25) is 0 Å². The fourth-order valence-electron chi connectivity index (χ4n) is 2.03. The van der Waals surface area contributed by atoms with E-state index in [2.05, 4.69) is 5.43 Å². The van der Waals surface area contributed by atoms with Gasteiger partial charge in [0.25, 0.3) is 0 Å². The van der Waals surface area contributed by atoms with E-state index in [0.29, 0.717) is 17.9 Å². The molecule has 0 fully saturated rings. The van der Waals surface area contributed by atoms with E-state index < -0.39 is 17.7 Å². The third-order valence-electron chi connectivity index (χ3n) is 2.95. The lowest BCUT2D eigenvalue weighted by Crippen LogP contribution is -2.29. The Morgan fingerprint density at radius 2 is 1.85 bits per heavy atom. The van der Waals surface area contributed by atoms with Crippen molar-refractivity contribution in [2.45, 2.75) is 13.0 Å². The minimum atomic E-state index is -0.899. The molecule has 1 unspecified atom stereocenters. The van der Waals surface area contributed by atoms with Gasteiger partial charge < -0.3 is 4.74 Å². The van der Waals surface area contributed by atoms with Crippen LogP contribution in [0.1, 0.15) is 24.1 Å². The molecule has 2 aromatic carbocycles. The molecule has 2 rings (SSSR count). The lowest BCUT2D eigenvalue weighted by Gasteiger charge is -2.18. The van der Waals surface area contributed by atoms with Gasteiger partial charge in [-0.25, -0.2) is 14.2 Å². The molecule has 0 spiro atoms. The summed E-state index contributed by atoms with van der Waals surface area (Å²) in [4.78, 5) is 0. The van der Waals surface area contributed by atoms with Crippen LogP contribution < -0.4 is 16.0 Å². The quantitative estimate of drug-likeness (QED) is 0.653. The Hall–Kier alpha value is -1.98. The highest BCUT2D eigenvalue weighted by Gasteiger charge is 2.15. The SMILES string of the molecule is CCOc1cccc(C(NN)c2ccc(F)c(F)c2)c1. The molecule has 0 bridgehead atoms. The Labute approximate surface area is 116 Å². The number of rotatable bonds is 5. The van der Waals surface area contributed by atoms with Crippen molar-refractivity contribution in [2.75, 3.05) is 6.61 Å². The summed E-state index contributed by atoms with van der Waals surface area (Å²) in [7, 11) is 0. The van der Waals surface area contributed by atoms with Crippen molar-refractivity contribution in [2.24, 2.45) is 5.84 Å². The van der Waals surface area contributed by atoms with E-state index in [0.717, 1.165) is 17.7 Å². The largest absolute Gasteiger partial charge is 0.494 e. The number of benzene rings is 2. The minimum absolute atomic E-state index is 0.439. The van der Waals surface area contributed by atoms with E-state index in [1.807, 2.05) is 31.2 Å². The van der Waals surface area contributed by atoms with E-state index in [-0.39, 0.29) is 0 Å². The Morgan fingerprint density at radius 1 is 1.10 bits per heavy atom. The summed E-state index contributed by atoms with van der Waals surface area (Å²) in [5.41, 5.74) is 3.96. The molecule has 0 heterocycles. The van der Waals surface area contributed by atoms with Crippen molar-refractivity contribution >= 4 is 0 Å². The van der Waals surface area contributed by atoms with Crippen molar-refractivity contribution in [3.63, 3.8) is 0 Å². The lowest BCUT2D eigenvalue weighted by molar-refractivity contribution is 0.339. The molecule has 20 heavy (non-hydrogen) atoms. The van der Waals surface area contributed by atoms with E-state index in [9.17, 15) is 8.78 Å². The second-order valence-electron chi connectivity index (χ2n) is 4.28. The van der Waals surface area contributed by atoms with Crippen LogP contribution in [-0.4, -0.2) is 6.61 Å². The maximum absolute atomic E-state index is 13.3. The van der Waals surface area contributed by atoms with Gasteiger partial charge in [0.2, 0.25) is 0 Å². The first-order valence-electron chi connectivity index (χ1n) is 6.29. The molecule has 0 aliphatic carbocycles. The standard InChI is InChI=1S/C15H16F2N2O/c1-2-20-12-5-3-4-10(8-12)15(19-18)11-6-7-13(16)14(17)9-11/h3-9,15,19H,2,18H2,1H3. The molecule has 0 aliphatic rings. The van der Waals surface area contributed by atoms with Gasteiger partial charge in [-0.2, -0.15) is 0 Å². The Morgan fingerprint density at radius 3 is 2.50 bits per heavy atom. The van der Waals surface area contributed by atoms with Crippen LogP contribution in [-0.2, 0) is 0 Å². The van der Waals surface area contributed by atoms with Crippen LogP contribution in [0.25, 0.3) is 0 Å².